The molecule has 0 aromatic heterocycles. The largest absolute Gasteiger partial charge is 0.540 e. The molecule has 0 atom stereocenters. The molecule has 8 heteroatoms. The summed E-state index contributed by atoms with van der Waals surface area (Å²) in [6.45, 7) is 14.4. The Hall–Kier alpha value is -1.51. The van der Waals surface area contributed by atoms with Crippen LogP contribution in [0.15, 0.2) is 39.7 Å². The van der Waals surface area contributed by atoms with Crippen molar-refractivity contribution in [1.29, 1.82) is 0 Å². The third kappa shape index (κ3) is 5.16. The zero-order valence-corrected chi connectivity index (χ0v) is 21.6. The van der Waals surface area contributed by atoms with Crippen LogP contribution in [0.5, 0.6) is 17.2 Å². The van der Waals surface area contributed by atoms with Crippen LogP contribution < -0.4 is 13.3 Å². The van der Waals surface area contributed by atoms with Gasteiger partial charge in [0.05, 0.1) is 11.6 Å². The molecule has 0 aliphatic carbocycles. The van der Waals surface area contributed by atoms with Gasteiger partial charge in [-0.25, -0.2) is 0 Å². The molecule has 0 radical (unpaired) electrons. The molecule has 2 rings (SSSR count). The van der Waals surface area contributed by atoms with E-state index in [1.165, 1.54) is 19.2 Å². The van der Waals surface area contributed by atoms with Gasteiger partial charge >= 0.3 is 10.1 Å². The van der Waals surface area contributed by atoms with Crippen LogP contribution in [0.4, 0.5) is 0 Å². The average Bonchev–Trinajstić information content (AvgIpc) is 2.58. The molecule has 0 aliphatic heterocycles. The SMILES string of the molecule is COc1c(C)c(OS(=O)(=O)c2ccc(C)cc2)cc(Br)c1O[Si](C)(C)C(C)(C)C. The zero-order chi connectivity index (χ0) is 22.2. The Kier molecular flexibility index (Phi) is 6.81. The molecule has 0 amide bonds. The Bertz CT molecular complexity index is 993. The van der Waals surface area contributed by atoms with Crippen LogP contribution >= 0.6 is 15.9 Å². The van der Waals surface area contributed by atoms with Gasteiger partial charge in [0.15, 0.2) is 17.2 Å². The van der Waals surface area contributed by atoms with Gasteiger partial charge in [0.2, 0.25) is 0 Å². The van der Waals surface area contributed by atoms with Crippen molar-refractivity contribution in [3.05, 3.63) is 45.9 Å². The van der Waals surface area contributed by atoms with Gasteiger partial charge < -0.3 is 13.3 Å². The summed E-state index contributed by atoms with van der Waals surface area (Å²) in [6, 6.07) is 8.14. The summed E-state index contributed by atoms with van der Waals surface area (Å²) in [4.78, 5) is 0.0965. The summed E-state index contributed by atoms with van der Waals surface area (Å²) in [5, 5.41) is -0.00466. The fourth-order valence-corrected chi connectivity index (χ4v) is 5.00. The third-order valence-electron chi connectivity index (χ3n) is 5.27. The van der Waals surface area contributed by atoms with Gasteiger partial charge in [-0.3, -0.25) is 0 Å². The van der Waals surface area contributed by atoms with E-state index >= 15 is 0 Å². The van der Waals surface area contributed by atoms with Crippen LogP contribution in [0.2, 0.25) is 18.1 Å². The van der Waals surface area contributed by atoms with Crippen LogP contribution in [-0.2, 0) is 10.1 Å². The number of methoxy groups -OCH3 is 1. The molecule has 5 nitrogen and oxygen atoms in total. The van der Waals surface area contributed by atoms with E-state index in [4.69, 9.17) is 13.3 Å². The highest BCUT2D eigenvalue weighted by molar-refractivity contribution is 9.10. The molecule has 0 spiro atoms. The second-order valence-corrected chi connectivity index (χ2v) is 15.7. The van der Waals surface area contributed by atoms with E-state index in [1.807, 2.05) is 6.92 Å². The van der Waals surface area contributed by atoms with Gasteiger partial charge in [0, 0.05) is 11.6 Å². The first-order valence-electron chi connectivity index (χ1n) is 9.27. The maximum Gasteiger partial charge on any atom is 0.339 e. The van der Waals surface area contributed by atoms with Crippen molar-refractivity contribution in [2.75, 3.05) is 7.11 Å². The molecule has 29 heavy (non-hydrogen) atoms. The van der Waals surface area contributed by atoms with Crippen LogP contribution in [0.3, 0.4) is 0 Å². The van der Waals surface area contributed by atoms with Gasteiger partial charge in [0.1, 0.15) is 4.90 Å². The molecular weight excluding hydrogens is 472 g/mol. The fraction of sp³-hybridized carbons (Fsp3) is 0.429. The maximum atomic E-state index is 12.7. The lowest BCUT2D eigenvalue weighted by Crippen LogP contribution is -2.44. The maximum absolute atomic E-state index is 12.7. The van der Waals surface area contributed by atoms with Crippen LogP contribution in [0.1, 0.15) is 31.9 Å². The van der Waals surface area contributed by atoms with Crippen molar-refractivity contribution in [2.24, 2.45) is 0 Å². The molecule has 2 aromatic rings. The third-order valence-corrected chi connectivity index (χ3v) is 11.4. The van der Waals surface area contributed by atoms with E-state index < -0.39 is 18.4 Å². The highest BCUT2D eigenvalue weighted by atomic mass is 79.9. The van der Waals surface area contributed by atoms with Crippen LogP contribution in [-0.4, -0.2) is 23.8 Å². The molecule has 0 saturated carbocycles. The summed E-state index contributed by atoms with van der Waals surface area (Å²) >= 11 is 3.51. The number of aryl methyl sites for hydroxylation is 1. The van der Waals surface area contributed by atoms with Crippen LogP contribution in [0, 0.1) is 13.8 Å². The summed E-state index contributed by atoms with van der Waals surface area (Å²) in [5.74, 6) is 1.21. The lowest BCUT2D eigenvalue weighted by molar-refractivity contribution is 0.378. The summed E-state index contributed by atoms with van der Waals surface area (Å²) in [6.07, 6.45) is 0. The molecule has 0 bridgehead atoms. The Labute approximate surface area is 183 Å². The molecule has 0 aliphatic rings. The van der Waals surface area contributed by atoms with Crippen molar-refractivity contribution in [2.45, 2.75) is 57.6 Å². The quantitative estimate of drug-likeness (QED) is 0.347. The van der Waals surface area contributed by atoms with E-state index in [0.717, 1.165) is 5.56 Å². The normalized spacial score (nSPS) is 12.6. The average molecular weight is 502 g/mol. The van der Waals surface area contributed by atoms with Crippen molar-refractivity contribution in [3.63, 3.8) is 0 Å². The van der Waals surface area contributed by atoms with Gasteiger partial charge in [-0.2, -0.15) is 8.42 Å². The fourth-order valence-electron chi connectivity index (χ4n) is 2.39. The zero-order valence-electron chi connectivity index (χ0n) is 18.2. The number of halogens is 1. The number of hydrogen-bond donors (Lipinski definition) is 0. The molecular formula is C21H29BrO5SSi. The van der Waals surface area contributed by atoms with E-state index in [1.54, 1.807) is 25.1 Å². The molecule has 0 N–H and O–H groups in total. The first-order chi connectivity index (χ1) is 13.2. The van der Waals surface area contributed by atoms with E-state index in [2.05, 4.69) is 49.8 Å². The summed E-state index contributed by atoms with van der Waals surface area (Å²) < 4.78 is 43.5. The van der Waals surface area contributed by atoms with Crippen molar-refractivity contribution < 1.29 is 21.8 Å². The van der Waals surface area contributed by atoms with E-state index in [0.29, 0.717) is 21.5 Å². The molecule has 160 valence electrons. The minimum Gasteiger partial charge on any atom is -0.540 e. The molecule has 0 unspecified atom stereocenters. The first kappa shape index (κ1) is 23.8. The summed E-state index contributed by atoms with van der Waals surface area (Å²) in [5.41, 5.74) is 1.52. The number of ether oxygens (including phenoxy) is 1. The minimum absolute atomic E-state index is 0.00466. The van der Waals surface area contributed by atoms with Gasteiger partial charge in [-0.15, -0.1) is 0 Å². The van der Waals surface area contributed by atoms with E-state index in [9.17, 15) is 8.42 Å². The topological polar surface area (TPSA) is 61.8 Å². The first-order valence-corrected chi connectivity index (χ1v) is 14.4. The smallest absolute Gasteiger partial charge is 0.339 e. The monoisotopic (exact) mass is 500 g/mol. The number of hydrogen-bond acceptors (Lipinski definition) is 5. The molecule has 0 saturated heterocycles. The lowest BCUT2D eigenvalue weighted by Gasteiger charge is -2.37. The number of rotatable bonds is 6. The predicted molar refractivity (Wildman–Crippen MR) is 122 cm³/mol. The van der Waals surface area contributed by atoms with Crippen LogP contribution in [0.25, 0.3) is 0 Å². The Morgan fingerprint density at radius 2 is 1.55 bits per heavy atom. The van der Waals surface area contributed by atoms with Crippen molar-refractivity contribution >= 4 is 34.4 Å². The molecule has 2 aromatic carbocycles. The van der Waals surface area contributed by atoms with Gasteiger partial charge in [0.25, 0.3) is 8.32 Å². The summed E-state index contributed by atoms with van der Waals surface area (Å²) in [7, 11) is -4.58. The molecule has 0 fully saturated rings. The number of benzene rings is 2. The second kappa shape index (κ2) is 8.32. The van der Waals surface area contributed by atoms with Crippen molar-refractivity contribution in [1.82, 2.24) is 0 Å². The standard InChI is InChI=1S/C21H29BrO5SSi/c1-14-9-11-16(12-10-14)28(23,24)26-18-13-17(22)20(19(25-6)15(18)2)27-29(7,8)21(3,4)5/h9-13H,1-8H3. The Morgan fingerprint density at radius 3 is 2.03 bits per heavy atom. The Balaban J connectivity index is 2.49. The van der Waals surface area contributed by atoms with E-state index in [-0.39, 0.29) is 15.7 Å². The molecule has 0 heterocycles. The van der Waals surface area contributed by atoms with Gasteiger partial charge in [-0.05, 0) is 60.0 Å². The van der Waals surface area contributed by atoms with Crippen molar-refractivity contribution in [3.8, 4) is 17.2 Å². The Morgan fingerprint density at radius 1 is 1.00 bits per heavy atom. The highest BCUT2D eigenvalue weighted by Crippen LogP contribution is 2.47. The minimum atomic E-state index is -3.97. The van der Waals surface area contributed by atoms with Gasteiger partial charge in [-0.1, -0.05) is 38.5 Å². The predicted octanol–water partition coefficient (Wildman–Crippen LogP) is 6.23. The lowest BCUT2D eigenvalue weighted by atomic mass is 10.2. The highest BCUT2D eigenvalue weighted by Gasteiger charge is 2.40. The second-order valence-electron chi connectivity index (χ2n) is 8.56.